The maximum Gasteiger partial charge on any atom is 0.264 e. The van der Waals surface area contributed by atoms with Crippen molar-refractivity contribution in [2.24, 2.45) is 5.92 Å². The van der Waals surface area contributed by atoms with Crippen LogP contribution in [0.25, 0.3) is 0 Å². The molecule has 94 valence electrons. The van der Waals surface area contributed by atoms with E-state index in [1.165, 1.54) is 11.3 Å². The van der Waals surface area contributed by atoms with Crippen molar-refractivity contribution in [2.75, 3.05) is 13.2 Å². The molecule has 2 heterocycles. The molecule has 0 radical (unpaired) electrons. The van der Waals surface area contributed by atoms with Gasteiger partial charge in [0.2, 0.25) is 0 Å². The topological polar surface area (TPSA) is 40.5 Å². The quantitative estimate of drug-likeness (QED) is 0.853. The van der Waals surface area contributed by atoms with Gasteiger partial charge in [-0.1, -0.05) is 6.92 Å². The summed E-state index contributed by atoms with van der Waals surface area (Å²) in [6.07, 6.45) is 0.963. The van der Waals surface area contributed by atoms with Crippen LogP contribution in [0.3, 0.4) is 0 Å². The lowest BCUT2D eigenvalue weighted by atomic mass is 10.0. The lowest BCUT2D eigenvalue weighted by Gasteiger charge is -2.24. The van der Waals surface area contributed by atoms with Crippen LogP contribution in [-0.2, 0) is 0 Å². The van der Waals surface area contributed by atoms with Crippen LogP contribution in [0.1, 0.15) is 23.0 Å². The van der Waals surface area contributed by atoms with Gasteiger partial charge in [-0.3, -0.25) is 4.79 Å². The van der Waals surface area contributed by atoms with Crippen LogP contribution in [-0.4, -0.2) is 35.1 Å². The predicted molar refractivity (Wildman–Crippen MR) is 75.4 cm³/mol. The lowest BCUT2D eigenvalue weighted by Crippen LogP contribution is -2.39. The van der Waals surface area contributed by atoms with E-state index in [1.54, 1.807) is 4.90 Å². The van der Waals surface area contributed by atoms with Gasteiger partial charge < -0.3 is 10.0 Å². The molecule has 2 rings (SSSR count). The number of carbonyl (C=O) groups is 1. The van der Waals surface area contributed by atoms with Gasteiger partial charge in [0.25, 0.3) is 5.91 Å². The summed E-state index contributed by atoms with van der Waals surface area (Å²) in [5, 5.41) is 9.35. The largest absolute Gasteiger partial charge is 0.394 e. The molecule has 17 heavy (non-hydrogen) atoms. The minimum atomic E-state index is -0.0397. The second-order valence-electron chi connectivity index (χ2n) is 4.25. The Bertz CT molecular complexity index is 416. The highest BCUT2D eigenvalue weighted by molar-refractivity contribution is 9.13. The number of aliphatic hydroxyl groups is 1. The van der Waals surface area contributed by atoms with E-state index in [-0.39, 0.29) is 18.6 Å². The van der Waals surface area contributed by atoms with Crippen LogP contribution >= 0.6 is 43.2 Å². The van der Waals surface area contributed by atoms with Crippen molar-refractivity contribution in [1.29, 1.82) is 0 Å². The maximum absolute atomic E-state index is 12.3. The molecule has 1 aliphatic heterocycles. The number of hydrogen-bond acceptors (Lipinski definition) is 3. The van der Waals surface area contributed by atoms with E-state index in [4.69, 9.17) is 0 Å². The van der Waals surface area contributed by atoms with E-state index in [1.807, 2.05) is 6.07 Å². The number of rotatable bonds is 2. The fourth-order valence-electron chi connectivity index (χ4n) is 2.13. The highest BCUT2D eigenvalue weighted by Crippen LogP contribution is 2.34. The first kappa shape index (κ1) is 13.5. The highest BCUT2D eigenvalue weighted by Gasteiger charge is 2.34. The van der Waals surface area contributed by atoms with Crippen LogP contribution in [0, 0.1) is 5.92 Å². The van der Waals surface area contributed by atoms with Gasteiger partial charge in [-0.2, -0.15) is 0 Å². The van der Waals surface area contributed by atoms with E-state index in [0.29, 0.717) is 10.8 Å². The summed E-state index contributed by atoms with van der Waals surface area (Å²) in [4.78, 5) is 14.8. The molecule has 0 aromatic carbocycles. The summed E-state index contributed by atoms with van der Waals surface area (Å²) in [6, 6.07) is 1.79. The number of nitrogens with zero attached hydrogens (tertiary/aromatic N) is 1. The normalized spacial score (nSPS) is 24.4. The third-order valence-corrected chi connectivity index (χ3v) is 6.43. The van der Waals surface area contributed by atoms with E-state index in [2.05, 4.69) is 38.8 Å². The van der Waals surface area contributed by atoms with Gasteiger partial charge in [0, 0.05) is 11.0 Å². The minimum absolute atomic E-state index is 0.0183. The Hall–Kier alpha value is 0.0900. The molecular weight excluding hydrogens is 370 g/mol. The Balaban J connectivity index is 2.20. The Kier molecular flexibility index (Phi) is 4.28. The molecular formula is C11H13Br2NO2S. The molecule has 3 nitrogen and oxygen atoms in total. The molecule has 2 unspecified atom stereocenters. The first-order chi connectivity index (χ1) is 8.04. The monoisotopic (exact) mass is 381 g/mol. The number of aliphatic hydroxyl groups excluding tert-OH is 1. The van der Waals surface area contributed by atoms with Gasteiger partial charge >= 0.3 is 0 Å². The first-order valence-corrected chi connectivity index (χ1v) is 7.81. The Morgan fingerprint density at radius 3 is 2.88 bits per heavy atom. The van der Waals surface area contributed by atoms with Crippen LogP contribution in [0.4, 0.5) is 0 Å². The third kappa shape index (κ3) is 2.59. The Morgan fingerprint density at radius 2 is 2.35 bits per heavy atom. The van der Waals surface area contributed by atoms with Crippen LogP contribution in [0.2, 0.25) is 0 Å². The van der Waals surface area contributed by atoms with Crippen molar-refractivity contribution < 1.29 is 9.90 Å². The number of hydrogen-bond donors (Lipinski definition) is 1. The average molecular weight is 383 g/mol. The number of likely N-dealkylation sites (tertiary alicyclic amines) is 1. The molecule has 1 aromatic heterocycles. The molecule has 1 saturated heterocycles. The number of amides is 1. The van der Waals surface area contributed by atoms with E-state index < -0.39 is 0 Å². The van der Waals surface area contributed by atoms with Crippen molar-refractivity contribution >= 4 is 49.1 Å². The summed E-state index contributed by atoms with van der Waals surface area (Å²) >= 11 is 8.19. The van der Waals surface area contributed by atoms with Crippen LogP contribution in [0.5, 0.6) is 0 Å². The number of thiophene rings is 1. The van der Waals surface area contributed by atoms with Gasteiger partial charge in [0.15, 0.2) is 0 Å². The Labute approximate surface area is 121 Å². The zero-order chi connectivity index (χ0) is 12.6. The van der Waals surface area contributed by atoms with E-state index >= 15 is 0 Å². The van der Waals surface area contributed by atoms with Crippen molar-refractivity contribution in [1.82, 2.24) is 4.90 Å². The molecule has 0 saturated carbocycles. The molecule has 1 aliphatic rings. The summed E-state index contributed by atoms with van der Waals surface area (Å²) in [5.74, 6) is 0.389. The summed E-state index contributed by atoms with van der Waals surface area (Å²) in [5.41, 5.74) is 0. The predicted octanol–water partition coefficient (Wildman–Crippen LogP) is 3.12. The van der Waals surface area contributed by atoms with Crippen molar-refractivity contribution in [3.05, 3.63) is 19.2 Å². The summed E-state index contributed by atoms with van der Waals surface area (Å²) in [7, 11) is 0. The van der Waals surface area contributed by atoms with E-state index in [0.717, 1.165) is 21.2 Å². The summed E-state index contributed by atoms with van der Waals surface area (Å²) in [6.45, 7) is 2.85. The second-order valence-corrected chi connectivity index (χ2v) is 7.47. The molecule has 0 spiro atoms. The average Bonchev–Trinajstić information content (AvgIpc) is 2.82. The molecule has 1 N–H and O–H groups in total. The number of carbonyl (C=O) groups excluding carboxylic acids is 1. The fourth-order valence-corrected chi connectivity index (χ4v) is 4.12. The summed E-state index contributed by atoms with van der Waals surface area (Å²) < 4.78 is 1.83. The zero-order valence-corrected chi connectivity index (χ0v) is 13.3. The van der Waals surface area contributed by atoms with Crippen molar-refractivity contribution in [3.8, 4) is 0 Å². The van der Waals surface area contributed by atoms with Crippen LogP contribution < -0.4 is 0 Å². The Morgan fingerprint density at radius 1 is 1.65 bits per heavy atom. The molecule has 1 aromatic rings. The molecule has 2 atom stereocenters. The highest BCUT2D eigenvalue weighted by atomic mass is 79.9. The minimum Gasteiger partial charge on any atom is -0.394 e. The van der Waals surface area contributed by atoms with Crippen LogP contribution in [0.15, 0.2) is 14.3 Å². The number of halogens is 2. The standard InChI is InChI=1S/C11H13Br2NO2S/c1-6-2-3-14(8(6)5-15)11(16)9-4-7(12)10(13)17-9/h4,6,8,15H,2-3,5H2,1H3. The first-order valence-electron chi connectivity index (χ1n) is 5.41. The smallest absolute Gasteiger partial charge is 0.264 e. The van der Waals surface area contributed by atoms with Gasteiger partial charge in [0.05, 0.1) is 21.3 Å². The second kappa shape index (κ2) is 5.38. The van der Waals surface area contributed by atoms with Crippen molar-refractivity contribution in [2.45, 2.75) is 19.4 Å². The van der Waals surface area contributed by atoms with Gasteiger partial charge in [-0.25, -0.2) is 0 Å². The molecule has 6 heteroatoms. The SMILES string of the molecule is CC1CCN(C(=O)c2cc(Br)c(Br)s2)C1CO. The van der Waals surface area contributed by atoms with E-state index in [9.17, 15) is 9.90 Å². The third-order valence-electron chi connectivity index (χ3n) is 3.19. The lowest BCUT2D eigenvalue weighted by molar-refractivity contribution is 0.0653. The fraction of sp³-hybridized carbons (Fsp3) is 0.545. The van der Waals surface area contributed by atoms with Gasteiger partial charge in [-0.05, 0) is 50.3 Å². The van der Waals surface area contributed by atoms with Gasteiger partial charge in [0.1, 0.15) is 0 Å². The molecule has 1 amide bonds. The maximum atomic E-state index is 12.3. The van der Waals surface area contributed by atoms with Crippen molar-refractivity contribution in [3.63, 3.8) is 0 Å². The zero-order valence-electron chi connectivity index (χ0n) is 9.32. The molecule has 1 fully saturated rings. The molecule has 0 bridgehead atoms. The molecule has 0 aliphatic carbocycles. The van der Waals surface area contributed by atoms with Gasteiger partial charge in [-0.15, -0.1) is 11.3 Å².